The molecule has 2 N–H and O–H groups in total. The van der Waals surface area contributed by atoms with Crippen LogP contribution in [0.25, 0.3) is 0 Å². The summed E-state index contributed by atoms with van der Waals surface area (Å²) in [6.07, 6.45) is 0.876. The Morgan fingerprint density at radius 3 is 2.53 bits per heavy atom. The van der Waals surface area contributed by atoms with Gasteiger partial charge in [0.15, 0.2) is 0 Å². The molecule has 0 bridgehead atoms. The van der Waals surface area contributed by atoms with Gasteiger partial charge in [0.25, 0.3) is 0 Å². The fourth-order valence-corrected chi connectivity index (χ4v) is 2.00. The van der Waals surface area contributed by atoms with Crippen molar-refractivity contribution in [3.63, 3.8) is 0 Å². The van der Waals surface area contributed by atoms with Crippen LogP contribution >= 0.6 is 0 Å². The first-order chi connectivity index (χ1) is 9.24. The van der Waals surface area contributed by atoms with Crippen molar-refractivity contribution in [1.29, 1.82) is 0 Å². The molecule has 1 aromatic carbocycles. The molecule has 0 fully saturated rings. The highest BCUT2D eigenvalue weighted by molar-refractivity contribution is 5.54. The van der Waals surface area contributed by atoms with Crippen LogP contribution in [0.1, 0.15) is 12.0 Å². The van der Waals surface area contributed by atoms with Crippen LogP contribution in [0.5, 0.6) is 0 Å². The number of methoxy groups -OCH3 is 2. The number of nitrogens with zero attached hydrogens (tertiary/aromatic N) is 1. The van der Waals surface area contributed by atoms with Gasteiger partial charge >= 0.3 is 0 Å². The van der Waals surface area contributed by atoms with Crippen molar-refractivity contribution in [3.05, 3.63) is 29.6 Å². The zero-order valence-corrected chi connectivity index (χ0v) is 11.7. The van der Waals surface area contributed by atoms with Crippen molar-refractivity contribution in [2.75, 3.05) is 45.4 Å². The summed E-state index contributed by atoms with van der Waals surface area (Å²) in [5, 5.41) is 0. The van der Waals surface area contributed by atoms with E-state index in [0.717, 1.165) is 18.7 Å². The maximum Gasteiger partial charge on any atom is 0.129 e. The average molecular weight is 270 g/mol. The lowest BCUT2D eigenvalue weighted by Crippen LogP contribution is -2.30. The molecule has 0 atom stereocenters. The minimum Gasteiger partial charge on any atom is -0.385 e. The van der Waals surface area contributed by atoms with Crippen molar-refractivity contribution in [3.8, 4) is 0 Å². The second kappa shape index (κ2) is 8.85. The quantitative estimate of drug-likeness (QED) is 0.695. The number of anilines is 1. The molecule has 0 aromatic heterocycles. The fraction of sp³-hybridized carbons (Fsp3) is 0.571. The molecule has 0 aliphatic carbocycles. The molecule has 0 aliphatic rings. The van der Waals surface area contributed by atoms with Crippen molar-refractivity contribution in [2.24, 2.45) is 5.73 Å². The number of benzene rings is 1. The van der Waals surface area contributed by atoms with Crippen LogP contribution in [-0.4, -0.2) is 40.5 Å². The van der Waals surface area contributed by atoms with Crippen LogP contribution in [0.4, 0.5) is 10.1 Å². The minimum absolute atomic E-state index is 0.190. The van der Waals surface area contributed by atoms with Gasteiger partial charge in [-0.15, -0.1) is 0 Å². The van der Waals surface area contributed by atoms with Crippen molar-refractivity contribution >= 4 is 5.69 Å². The highest BCUT2D eigenvalue weighted by Gasteiger charge is 2.13. The smallest absolute Gasteiger partial charge is 0.129 e. The topological polar surface area (TPSA) is 47.7 Å². The molecule has 0 heterocycles. The first-order valence-corrected chi connectivity index (χ1v) is 6.44. The largest absolute Gasteiger partial charge is 0.385 e. The maximum atomic E-state index is 13.8. The molecule has 19 heavy (non-hydrogen) atoms. The van der Waals surface area contributed by atoms with Crippen molar-refractivity contribution in [1.82, 2.24) is 0 Å². The zero-order chi connectivity index (χ0) is 14.1. The molecular weight excluding hydrogens is 247 g/mol. The fourth-order valence-electron chi connectivity index (χ4n) is 2.00. The Morgan fingerprint density at radius 2 is 1.89 bits per heavy atom. The van der Waals surface area contributed by atoms with Gasteiger partial charge in [0.1, 0.15) is 5.82 Å². The number of ether oxygens (including phenoxy) is 2. The molecule has 108 valence electrons. The molecule has 5 heteroatoms. The van der Waals surface area contributed by atoms with E-state index in [1.807, 2.05) is 6.07 Å². The molecular formula is C14H23FN2O2. The van der Waals surface area contributed by atoms with E-state index in [1.54, 1.807) is 20.3 Å². The normalized spacial score (nSPS) is 10.7. The summed E-state index contributed by atoms with van der Waals surface area (Å²) in [5.74, 6) is -0.255. The highest BCUT2D eigenvalue weighted by atomic mass is 19.1. The van der Waals surface area contributed by atoms with E-state index in [4.69, 9.17) is 15.2 Å². The van der Waals surface area contributed by atoms with Crippen molar-refractivity contribution < 1.29 is 13.9 Å². The molecule has 1 rings (SSSR count). The van der Waals surface area contributed by atoms with Gasteiger partial charge in [-0.05, 0) is 18.6 Å². The summed E-state index contributed by atoms with van der Waals surface area (Å²) >= 11 is 0. The number of hydrogen-bond acceptors (Lipinski definition) is 4. The van der Waals surface area contributed by atoms with Crippen LogP contribution in [0, 0.1) is 5.82 Å². The average Bonchev–Trinajstić information content (AvgIpc) is 2.42. The monoisotopic (exact) mass is 270 g/mol. The second-order valence-corrected chi connectivity index (χ2v) is 4.27. The molecule has 0 spiro atoms. The van der Waals surface area contributed by atoms with Gasteiger partial charge in [-0.1, -0.05) is 6.07 Å². The second-order valence-electron chi connectivity index (χ2n) is 4.27. The van der Waals surface area contributed by atoms with E-state index in [1.165, 1.54) is 6.07 Å². The molecule has 0 saturated carbocycles. The predicted molar refractivity (Wildman–Crippen MR) is 74.9 cm³/mol. The highest BCUT2D eigenvalue weighted by Crippen LogP contribution is 2.23. The Morgan fingerprint density at radius 1 is 1.16 bits per heavy atom. The molecule has 0 saturated heterocycles. The standard InChI is InChI=1S/C14H23FN2O2/c1-18-9-4-7-17(8-10-19-2)14-6-3-5-13(15)12(14)11-16/h3,5-6H,4,7-11,16H2,1-2H3. The third-order valence-electron chi connectivity index (χ3n) is 2.98. The number of nitrogens with two attached hydrogens (primary N) is 1. The lowest BCUT2D eigenvalue weighted by atomic mass is 10.1. The van der Waals surface area contributed by atoms with Gasteiger partial charge in [0.2, 0.25) is 0 Å². The summed E-state index contributed by atoms with van der Waals surface area (Å²) in [6, 6.07) is 5.04. The molecule has 0 radical (unpaired) electrons. The van der Waals surface area contributed by atoms with Gasteiger partial charge < -0.3 is 20.1 Å². The minimum atomic E-state index is -0.255. The van der Waals surface area contributed by atoms with E-state index < -0.39 is 0 Å². The summed E-state index contributed by atoms with van der Waals surface area (Å²) in [7, 11) is 3.33. The van der Waals surface area contributed by atoms with Crippen LogP contribution < -0.4 is 10.6 Å². The molecule has 0 amide bonds. The Bertz CT molecular complexity index is 374. The van der Waals surface area contributed by atoms with E-state index in [2.05, 4.69) is 4.90 Å². The van der Waals surface area contributed by atoms with E-state index in [9.17, 15) is 4.39 Å². The van der Waals surface area contributed by atoms with Crippen molar-refractivity contribution in [2.45, 2.75) is 13.0 Å². The van der Waals surface area contributed by atoms with Gasteiger partial charge in [0.05, 0.1) is 6.61 Å². The van der Waals surface area contributed by atoms with E-state index in [0.29, 0.717) is 25.3 Å². The molecule has 1 aromatic rings. The Kier molecular flexibility index (Phi) is 7.40. The van der Waals surface area contributed by atoms with Crippen LogP contribution in [0.3, 0.4) is 0 Å². The van der Waals surface area contributed by atoms with Crippen LogP contribution in [0.15, 0.2) is 18.2 Å². The molecule has 0 unspecified atom stereocenters. The summed E-state index contributed by atoms with van der Waals surface area (Å²) in [6.45, 7) is 2.95. The maximum absolute atomic E-state index is 13.8. The summed E-state index contributed by atoms with van der Waals surface area (Å²) in [4.78, 5) is 2.09. The molecule has 0 aliphatic heterocycles. The number of hydrogen-bond donors (Lipinski definition) is 1. The SMILES string of the molecule is COCCCN(CCOC)c1cccc(F)c1CN. The van der Waals surface area contributed by atoms with E-state index in [-0.39, 0.29) is 12.4 Å². The van der Waals surface area contributed by atoms with Crippen LogP contribution in [-0.2, 0) is 16.0 Å². The summed E-state index contributed by atoms with van der Waals surface area (Å²) < 4.78 is 23.9. The predicted octanol–water partition coefficient (Wildman–Crippen LogP) is 1.77. The van der Waals surface area contributed by atoms with E-state index >= 15 is 0 Å². The zero-order valence-electron chi connectivity index (χ0n) is 11.7. The van der Waals surface area contributed by atoms with Gasteiger partial charge in [-0.25, -0.2) is 4.39 Å². The third-order valence-corrected chi connectivity index (χ3v) is 2.98. The Balaban J connectivity index is 2.85. The Hall–Kier alpha value is -1.17. The van der Waals surface area contributed by atoms with Gasteiger partial charge in [-0.3, -0.25) is 0 Å². The lowest BCUT2D eigenvalue weighted by Gasteiger charge is -2.27. The summed E-state index contributed by atoms with van der Waals surface area (Å²) in [5.41, 5.74) is 7.05. The van der Waals surface area contributed by atoms with Gasteiger partial charge in [-0.2, -0.15) is 0 Å². The Labute approximate surface area is 114 Å². The van der Waals surface area contributed by atoms with Gasteiger partial charge in [0, 0.05) is 51.7 Å². The number of halogens is 1. The molecule has 4 nitrogen and oxygen atoms in total. The lowest BCUT2D eigenvalue weighted by molar-refractivity contribution is 0.191. The number of rotatable bonds is 9. The first-order valence-electron chi connectivity index (χ1n) is 6.44. The third kappa shape index (κ3) is 4.78. The first kappa shape index (κ1) is 15.9. The van der Waals surface area contributed by atoms with Crippen LogP contribution in [0.2, 0.25) is 0 Å².